The van der Waals surface area contributed by atoms with Gasteiger partial charge < -0.3 is 19.5 Å². The first-order valence-corrected chi connectivity index (χ1v) is 8.08. The highest BCUT2D eigenvalue weighted by molar-refractivity contribution is 5.40. The summed E-state index contributed by atoms with van der Waals surface area (Å²) in [4.78, 5) is 0. The van der Waals surface area contributed by atoms with Crippen LogP contribution in [-0.2, 0) is 4.74 Å². The molecule has 1 fully saturated rings. The first kappa shape index (κ1) is 14.7. The fraction of sp³-hybridized carbons (Fsp3) is 0.647. The second-order valence-corrected chi connectivity index (χ2v) is 5.84. The van der Waals surface area contributed by atoms with Crippen LogP contribution in [0.15, 0.2) is 24.3 Å². The summed E-state index contributed by atoms with van der Waals surface area (Å²) in [5, 5.41) is 3.68. The van der Waals surface area contributed by atoms with Crippen molar-refractivity contribution in [1.29, 1.82) is 0 Å². The molecule has 2 aliphatic heterocycles. The van der Waals surface area contributed by atoms with Crippen LogP contribution < -0.4 is 14.8 Å². The largest absolute Gasteiger partial charge is 0.486 e. The molecule has 0 amide bonds. The summed E-state index contributed by atoms with van der Waals surface area (Å²) >= 11 is 0. The van der Waals surface area contributed by atoms with Crippen molar-refractivity contribution in [2.75, 3.05) is 26.4 Å². The standard InChI is InChI=1S/C17H25NO3/c1-2-9-18-17(13-7-10-19-11-8-13)16-12-20-14-5-3-4-6-15(14)21-16/h3-6,13,16-18H,2,7-12H2,1H3. The Kier molecular flexibility index (Phi) is 4.99. The summed E-state index contributed by atoms with van der Waals surface area (Å²) in [7, 11) is 0. The fourth-order valence-corrected chi connectivity index (χ4v) is 3.20. The number of benzene rings is 1. The van der Waals surface area contributed by atoms with Crippen LogP contribution in [0.25, 0.3) is 0 Å². The normalized spacial score (nSPS) is 23.8. The quantitative estimate of drug-likeness (QED) is 0.905. The van der Waals surface area contributed by atoms with Gasteiger partial charge in [0, 0.05) is 13.2 Å². The van der Waals surface area contributed by atoms with Crippen LogP contribution in [0.1, 0.15) is 26.2 Å². The maximum atomic E-state index is 6.22. The van der Waals surface area contributed by atoms with Gasteiger partial charge in [-0.25, -0.2) is 0 Å². The molecule has 2 atom stereocenters. The number of nitrogens with one attached hydrogen (secondary N) is 1. The summed E-state index contributed by atoms with van der Waals surface area (Å²) in [6.45, 7) is 5.55. The van der Waals surface area contributed by atoms with Crippen LogP contribution >= 0.6 is 0 Å². The van der Waals surface area contributed by atoms with Gasteiger partial charge in [0.15, 0.2) is 11.5 Å². The molecule has 1 aromatic rings. The highest BCUT2D eigenvalue weighted by Crippen LogP contribution is 2.33. The maximum Gasteiger partial charge on any atom is 0.161 e. The summed E-state index contributed by atoms with van der Waals surface area (Å²) in [5.74, 6) is 2.32. The molecular formula is C17H25NO3. The molecule has 0 saturated carbocycles. The Bertz CT molecular complexity index is 445. The lowest BCUT2D eigenvalue weighted by molar-refractivity contribution is 0.00385. The van der Waals surface area contributed by atoms with E-state index >= 15 is 0 Å². The second kappa shape index (κ2) is 7.14. The van der Waals surface area contributed by atoms with Crippen LogP contribution in [-0.4, -0.2) is 38.5 Å². The van der Waals surface area contributed by atoms with Gasteiger partial charge in [-0.2, -0.15) is 0 Å². The van der Waals surface area contributed by atoms with E-state index in [9.17, 15) is 0 Å². The Morgan fingerprint density at radius 3 is 2.71 bits per heavy atom. The molecule has 0 bridgehead atoms. The van der Waals surface area contributed by atoms with E-state index in [0.717, 1.165) is 50.5 Å². The van der Waals surface area contributed by atoms with Crippen LogP contribution in [0.5, 0.6) is 11.5 Å². The molecule has 1 N–H and O–H groups in total. The minimum Gasteiger partial charge on any atom is -0.486 e. The van der Waals surface area contributed by atoms with Crippen molar-refractivity contribution in [2.24, 2.45) is 5.92 Å². The topological polar surface area (TPSA) is 39.7 Å². The second-order valence-electron chi connectivity index (χ2n) is 5.84. The lowest BCUT2D eigenvalue weighted by Crippen LogP contribution is -2.53. The molecule has 4 nitrogen and oxygen atoms in total. The van der Waals surface area contributed by atoms with Crippen molar-refractivity contribution in [3.8, 4) is 11.5 Å². The Hall–Kier alpha value is -1.26. The number of fused-ring (bicyclic) bond motifs is 1. The van der Waals surface area contributed by atoms with Gasteiger partial charge in [0.1, 0.15) is 12.7 Å². The first-order valence-electron chi connectivity index (χ1n) is 8.08. The highest BCUT2D eigenvalue weighted by Gasteiger charge is 2.34. The predicted molar refractivity (Wildman–Crippen MR) is 82.0 cm³/mol. The summed E-state index contributed by atoms with van der Waals surface area (Å²) in [5.41, 5.74) is 0. The van der Waals surface area contributed by atoms with Gasteiger partial charge in [-0.15, -0.1) is 0 Å². The molecule has 1 saturated heterocycles. The predicted octanol–water partition coefficient (Wildman–Crippen LogP) is 2.62. The van der Waals surface area contributed by atoms with Crippen molar-refractivity contribution in [3.63, 3.8) is 0 Å². The van der Waals surface area contributed by atoms with E-state index in [-0.39, 0.29) is 6.10 Å². The third kappa shape index (κ3) is 3.50. The molecular weight excluding hydrogens is 266 g/mol. The molecule has 2 unspecified atom stereocenters. The monoisotopic (exact) mass is 291 g/mol. The molecule has 3 rings (SSSR count). The van der Waals surface area contributed by atoms with E-state index < -0.39 is 0 Å². The number of hydrogen-bond donors (Lipinski definition) is 1. The van der Waals surface area contributed by atoms with E-state index in [0.29, 0.717) is 18.6 Å². The Labute approximate surface area is 126 Å². The van der Waals surface area contributed by atoms with Gasteiger partial charge in [-0.3, -0.25) is 0 Å². The molecule has 116 valence electrons. The average Bonchev–Trinajstić information content (AvgIpc) is 2.56. The Balaban J connectivity index is 1.71. The van der Waals surface area contributed by atoms with Gasteiger partial charge in [-0.1, -0.05) is 19.1 Å². The van der Waals surface area contributed by atoms with Crippen LogP contribution in [0.4, 0.5) is 0 Å². The van der Waals surface area contributed by atoms with Crippen LogP contribution in [0, 0.1) is 5.92 Å². The van der Waals surface area contributed by atoms with Crippen molar-refractivity contribution in [3.05, 3.63) is 24.3 Å². The van der Waals surface area contributed by atoms with E-state index in [1.54, 1.807) is 0 Å². The molecule has 0 aromatic heterocycles. The number of rotatable bonds is 5. The van der Waals surface area contributed by atoms with Gasteiger partial charge >= 0.3 is 0 Å². The SMILES string of the molecule is CCCNC(C1CCOCC1)C1COc2ccccc2O1. The average molecular weight is 291 g/mol. The zero-order valence-corrected chi connectivity index (χ0v) is 12.7. The van der Waals surface area contributed by atoms with Crippen LogP contribution in [0.3, 0.4) is 0 Å². The third-order valence-corrected chi connectivity index (χ3v) is 4.34. The number of ether oxygens (including phenoxy) is 3. The summed E-state index contributed by atoms with van der Waals surface area (Å²) in [6.07, 6.45) is 3.41. The van der Waals surface area contributed by atoms with Crippen molar-refractivity contribution in [1.82, 2.24) is 5.32 Å². The van der Waals surface area contributed by atoms with Gasteiger partial charge in [0.05, 0.1) is 6.04 Å². The van der Waals surface area contributed by atoms with E-state index in [4.69, 9.17) is 14.2 Å². The Morgan fingerprint density at radius 2 is 1.95 bits per heavy atom. The van der Waals surface area contributed by atoms with Gasteiger partial charge in [0.2, 0.25) is 0 Å². The molecule has 21 heavy (non-hydrogen) atoms. The van der Waals surface area contributed by atoms with E-state index in [2.05, 4.69) is 12.2 Å². The van der Waals surface area contributed by atoms with Gasteiger partial charge in [-0.05, 0) is 43.9 Å². The lowest BCUT2D eigenvalue weighted by Gasteiger charge is -2.38. The van der Waals surface area contributed by atoms with E-state index in [1.165, 1.54) is 0 Å². The van der Waals surface area contributed by atoms with Crippen molar-refractivity contribution >= 4 is 0 Å². The number of para-hydroxylation sites is 2. The lowest BCUT2D eigenvalue weighted by atomic mass is 9.88. The third-order valence-electron chi connectivity index (χ3n) is 4.34. The highest BCUT2D eigenvalue weighted by atomic mass is 16.6. The molecule has 0 spiro atoms. The fourth-order valence-electron chi connectivity index (χ4n) is 3.20. The smallest absolute Gasteiger partial charge is 0.161 e. The van der Waals surface area contributed by atoms with E-state index in [1.807, 2.05) is 24.3 Å². The summed E-state index contributed by atoms with van der Waals surface area (Å²) < 4.78 is 17.6. The number of hydrogen-bond acceptors (Lipinski definition) is 4. The molecule has 1 aromatic carbocycles. The molecule has 0 aliphatic carbocycles. The molecule has 0 radical (unpaired) electrons. The first-order chi connectivity index (χ1) is 10.4. The van der Waals surface area contributed by atoms with Crippen molar-refractivity contribution < 1.29 is 14.2 Å². The van der Waals surface area contributed by atoms with Gasteiger partial charge in [0.25, 0.3) is 0 Å². The van der Waals surface area contributed by atoms with Crippen molar-refractivity contribution in [2.45, 2.75) is 38.3 Å². The Morgan fingerprint density at radius 1 is 1.19 bits per heavy atom. The maximum absolute atomic E-state index is 6.22. The minimum absolute atomic E-state index is 0.0783. The zero-order chi connectivity index (χ0) is 14.5. The minimum atomic E-state index is 0.0783. The zero-order valence-electron chi connectivity index (χ0n) is 12.7. The summed E-state index contributed by atoms with van der Waals surface area (Å²) in [6, 6.07) is 8.26. The molecule has 2 aliphatic rings. The molecule has 4 heteroatoms. The van der Waals surface area contributed by atoms with Crippen LogP contribution in [0.2, 0.25) is 0 Å². The molecule has 2 heterocycles.